The first-order chi connectivity index (χ1) is 16.2. The highest BCUT2D eigenvalue weighted by Gasteiger charge is 2.24. The minimum absolute atomic E-state index is 0.0211. The van der Waals surface area contributed by atoms with Crippen LogP contribution in [0.4, 0.5) is 33.2 Å². The Kier molecular flexibility index (Phi) is 6.85. The molecule has 1 aromatic heterocycles. The predicted octanol–water partition coefficient (Wildman–Crippen LogP) is 4.41. The Balaban J connectivity index is 1.56. The number of aromatic nitrogens is 2. The number of hydrogen-bond donors (Lipinski definition) is 4. The average molecular weight is 505 g/mol. The molecule has 1 amide bonds. The van der Waals surface area contributed by atoms with Crippen LogP contribution < -0.4 is 20.7 Å². The van der Waals surface area contributed by atoms with Gasteiger partial charge >= 0.3 is 0 Å². The van der Waals surface area contributed by atoms with E-state index in [0.29, 0.717) is 16.9 Å². The minimum Gasteiger partial charge on any atom is -0.349 e. The zero-order valence-electron chi connectivity index (χ0n) is 18.1. The van der Waals surface area contributed by atoms with Crippen LogP contribution in [0.2, 0.25) is 5.02 Å². The van der Waals surface area contributed by atoms with Crippen molar-refractivity contribution in [2.24, 2.45) is 0 Å². The van der Waals surface area contributed by atoms with Crippen molar-refractivity contribution in [3.8, 4) is 0 Å². The van der Waals surface area contributed by atoms with Crippen LogP contribution in [0.5, 0.6) is 0 Å². The van der Waals surface area contributed by atoms with Gasteiger partial charge in [0, 0.05) is 11.6 Å². The third-order valence-electron chi connectivity index (χ3n) is 4.96. The molecular formula is C22H22ClFN6O3S. The van der Waals surface area contributed by atoms with E-state index in [0.717, 1.165) is 12.8 Å². The molecule has 0 bridgehead atoms. The molecule has 1 saturated carbocycles. The molecule has 12 heteroatoms. The van der Waals surface area contributed by atoms with Gasteiger partial charge in [0.1, 0.15) is 10.8 Å². The molecule has 1 fully saturated rings. The molecule has 0 radical (unpaired) electrons. The van der Waals surface area contributed by atoms with Gasteiger partial charge in [-0.2, -0.15) is 4.98 Å². The van der Waals surface area contributed by atoms with Gasteiger partial charge in [-0.1, -0.05) is 23.7 Å². The van der Waals surface area contributed by atoms with E-state index in [-0.39, 0.29) is 40.2 Å². The summed E-state index contributed by atoms with van der Waals surface area (Å²) in [6.07, 6.45) is 3.20. The van der Waals surface area contributed by atoms with Crippen molar-refractivity contribution in [3.63, 3.8) is 0 Å². The zero-order valence-corrected chi connectivity index (χ0v) is 19.7. The predicted molar refractivity (Wildman–Crippen MR) is 130 cm³/mol. The van der Waals surface area contributed by atoms with Crippen molar-refractivity contribution < 1.29 is 17.6 Å². The Morgan fingerprint density at radius 1 is 1.12 bits per heavy atom. The number of para-hydroxylation sites is 2. The monoisotopic (exact) mass is 504 g/mol. The molecule has 0 saturated heterocycles. The summed E-state index contributed by atoms with van der Waals surface area (Å²) in [6.45, 7) is 1.53. The summed E-state index contributed by atoms with van der Waals surface area (Å²) in [4.78, 5) is 20.7. The molecule has 3 aromatic rings. The number of carbonyl (C=O) groups excluding carboxylic acids is 1. The number of nitrogens with one attached hydrogen (secondary N) is 4. The van der Waals surface area contributed by atoms with E-state index in [1.54, 1.807) is 24.3 Å². The molecule has 2 aromatic carbocycles. The summed E-state index contributed by atoms with van der Waals surface area (Å²) in [5.41, 5.74) is 1.05. The number of benzene rings is 2. The summed E-state index contributed by atoms with van der Waals surface area (Å²) < 4.78 is 40.9. The fraction of sp³-hybridized carbons (Fsp3) is 0.227. The Morgan fingerprint density at radius 2 is 1.85 bits per heavy atom. The van der Waals surface area contributed by atoms with Crippen LogP contribution in [0.25, 0.3) is 0 Å². The first-order valence-corrected chi connectivity index (χ1v) is 12.5. The van der Waals surface area contributed by atoms with E-state index in [4.69, 9.17) is 11.6 Å². The normalized spacial score (nSPS) is 13.3. The van der Waals surface area contributed by atoms with Crippen LogP contribution in [-0.4, -0.2) is 36.1 Å². The smallest absolute Gasteiger partial charge is 0.251 e. The summed E-state index contributed by atoms with van der Waals surface area (Å²) in [5, 5.41) is 8.76. The van der Waals surface area contributed by atoms with E-state index in [2.05, 4.69) is 30.6 Å². The van der Waals surface area contributed by atoms with Gasteiger partial charge in [-0.05, 0) is 50.1 Å². The van der Waals surface area contributed by atoms with Gasteiger partial charge in [0.05, 0.1) is 29.0 Å². The second-order valence-corrected chi connectivity index (χ2v) is 10.1. The van der Waals surface area contributed by atoms with Gasteiger partial charge in [0.2, 0.25) is 16.0 Å². The molecule has 0 aliphatic heterocycles. The van der Waals surface area contributed by atoms with Crippen LogP contribution in [0.1, 0.15) is 30.1 Å². The Bertz CT molecular complexity index is 1330. The van der Waals surface area contributed by atoms with Gasteiger partial charge in [-0.25, -0.2) is 17.8 Å². The van der Waals surface area contributed by atoms with Crippen molar-refractivity contribution in [1.82, 2.24) is 15.3 Å². The molecular weight excluding hydrogens is 483 g/mol. The molecule has 4 N–H and O–H groups in total. The maximum Gasteiger partial charge on any atom is 0.251 e. The number of nitrogens with zero attached hydrogens (tertiary/aromatic N) is 2. The van der Waals surface area contributed by atoms with Gasteiger partial charge in [0.25, 0.3) is 5.91 Å². The van der Waals surface area contributed by atoms with E-state index >= 15 is 0 Å². The first kappa shape index (κ1) is 23.7. The summed E-state index contributed by atoms with van der Waals surface area (Å²) in [6, 6.07) is 10.8. The molecule has 1 heterocycles. The molecule has 34 heavy (non-hydrogen) atoms. The Labute approximate surface area is 201 Å². The van der Waals surface area contributed by atoms with Gasteiger partial charge in [-0.15, -0.1) is 0 Å². The van der Waals surface area contributed by atoms with Gasteiger partial charge < -0.3 is 16.0 Å². The number of carbonyl (C=O) groups is 1. The fourth-order valence-corrected chi connectivity index (χ4v) is 3.74. The highest BCUT2D eigenvalue weighted by atomic mass is 35.5. The third kappa shape index (κ3) is 5.91. The highest BCUT2D eigenvalue weighted by molar-refractivity contribution is 7.92. The maximum absolute atomic E-state index is 14.4. The topological polar surface area (TPSA) is 125 Å². The second-order valence-electron chi connectivity index (χ2n) is 7.63. The largest absolute Gasteiger partial charge is 0.349 e. The molecule has 1 aliphatic rings. The van der Waals surface area contributed by atoms with E-state index in [1.807, 2.05) is 0 Å². The summed E-state index contributed by atoms with van der Waals surface area (Å²) >= 11 is 6.23. The average Bonchev–Trinajstić information content (AvgIpc) is 3.62. The van der Waals surface area contributed by atoms with Crippen molar-refractivity contribution in [1.29, 1.82) is 0 Å². The van der Waals surface area contributed by atoms with E-state index in [9.17, 15) is 17.6 Å². The fourth-order valence-electron chi connectivity index (χ4n) is 2.94. The lowest BCUT2D eigenvalue weighted by atomic mass is 10.1. The van der Waals surface area contributed by atoms with Crippen molar-refractivity contribution in [2.75, 3.05) is 21.1 Å². The lowest BCUT2D eigenvalue weighted by Gasteiger charge is -2.15. The second kappa shape index (κ2) is 9.82. The molecule has 9 nitrogen and oxygen atoms in total. The number of hydrogen-bond acceptors (Lipinski definition) is 7. The standard InChI is InChI=1S/C22H22ClFN6O3S/c1-2-34(32,33)30-18-6-4-3-5-17(18)27-20-15(23)12-25-22(29-20)28-19-11-13(7-10-16(19)24)21(31)26-14-8-9-14/h3-7,10-12,14,30H,2,8-9H2,1H3,(H,26,31)(H2,25,27,28,29). The number of halogens is 2. The lowest BCUT2D eigenvalue weighted by molar-refractivity contribution is 0.0951. The molecule has 4 rings (SSSR count). The molecule has 0 spiro atoms. The lowest BCUT2D eigenvalue weighted by Crippen LogP contribution is -2.25. The molecule has 178 valence electrons. The van der Waals surface area contributed by atoms with Crippen LogP contribution in [0.3, 0.4) is 0 Å². The van der Waals surface area contributed by atoms with Gasteiger partial charge in [0.15, 0.2) is 5.82 Å². The SMILES string of the molecule is CCS(=O)(=O)Nc1ccccc1Nc1nc(Nc2cc(C(=O)NC3CC3)ccc2F)ncc1Cl. The van der Waals surface area contributed by atoms with Crippen molar-refractivity contribution in [3.05, 3.63) is 65.1 Å². The van der Waals surface area contributed by atoms with Crippen LogP contribution in [-0.2, 0) is 10.0 Å². The number of amides is 1. The molecule has 0 atom stereocenters. The van der Waals surface area contributed by atoms with E-state index in [1.165, 1.54) is 31.3 Å². The van der Waals surface area contributed by atoms with Crippen LogP contribution >= 0.6 is 11.6 Å². The number of sulfonamides is 1. The third-order valence-corrected chi connectivity index (χ3v) is 6.52. The van der Waals surface area contributed by atoms with Gasteiger partial charge in [-0.3, -0.25) is 9.52 Å². The number of rotatable bonds is 9. The van der Waals surface area contributed by atoms with Crippen LogP contribution in [0, 0.1) is 5.82 Å². The zero-order chi connectivity index (χ0) is 24.3. The quantitative estimate of drug-likeness (QED) is 0.340. The van der Waals surface area contributed by atoms with Crippen molar-refractivity contribution >= 4 is 56.4 Å². The Hall–Kier alpha value is -3.44. The maximum atomic E-state index is 14.4. The first-order valence-electron chi connectivity index (χ1n) is 10.5. The molecule has 1 aliphatic carbocycles. The van der Waals surface area contributed by atoms with Crippen molar-refractivity contribution in [2.45, 2.75) is 25.8 Å². The van der Waals surface area contributed by atoms with E-state index < -0.39 is 15.8 Å². The summed E-state index contributed by atoms with van der Waals surface area (Å²) in [5.74, 6) is -0.763. The molecule has 0 unspecified atom stereocenters. The Morgan fingerprint density at radius 3 is 2.56 bits per heavy atom. The van der Waals surface area contributed by atoms with Crippen LogP contribution in [0.15, 0.2) is 48.7 Å². The minimum atomic E-state index is -3.51. The number of anilines is 5. The highest BCUT2D eigenvalue weighted by Crippen LogP contribution is 2.30. The summed E-state index contributed by atoms with van der Waals surface area (Å²) in [7, 11) is -3.51.